The topological polar surface area (TPSA) is 13.1 Å². The minimum Gasteiger partial charge on any atom is -0.469 e. The molecule has 0 unspecified atom stereocenters. The highest BCUT2D eigenvalue weighted by Gasteiger charge is 1.98. The monoisotopic (exact) mass is 185 g/mol. The summed E-state index contributed by atoms with van der Waals surface area (Å²) in [6, 6.07) is 12.4. The first kappa shape index (κ1) is 9.07. The van der Waals surface area contributed by atoms with Crippen LogP contribution < -0.4 is 0 Å². The van der Waals surface area contributed by atoms with Gasteiger partial charge in [0.25, 0.3) is 0 Å². The molecular formula is C13H13O. The summed E-state index contributed by atoms with van der Waals surface area (Å²) >= 11 is 0. The maximum atomic E-state index is 5.32. The number of rotatable bonds is 3. The molecule has 0 N–H and O–H groups in total. The minimum atomic E-state index is 0.944. The van der Waals surface area contributed by atoms with Crippen molar-refractivity contribution in [1.82, 2.24) is 0 Å². The molecule has 1 heterocycles. The van der Waals surface area contributed by atoms with E-state index in [-0.39, 0.29) is 0 Å². The maximum absolute atomic E-state index is 5.32. The van der Waals surface area contributed by atoms with Crippen molar-refractivity contribution in [3.8, 4) is 0 Å². The van der Waals surface area contributed by atoms with Crippen molar-refractivity contribution in [2.45, 2.75) is 12.8 Å². The summed E-state index contributed by atoms with van der Waals surface area (Å²) in [5, 5.41) is 0. The van der Waals surface area contributed by atoms with Crippen LogP contribution in [0.3, 0.4) is 0 Å². The molecule has 0 saturated heterocycles. The van der Waals surface area contributed by atoms with Gasteiger partial charge in [0.15, 0.2) is 0 Å². The van der Waals surface area contributed by atoms with Crippen LogP contribution >= 0.6 is 0 Å². The lowest BCUT2D eigenvalue weighted by molar-refractivity contribution is 0.508. The average molecular weight is 185 g/mol. The summed E-state index contributed by atoms with van der Waals surface area (Å²) in [4.78, 5) is 0. The van der Waals surface area contributed by atoms with Gasteiger partial charge in [-0.1, -0.05) is 30.3 Å². The number of benzene rings is 1. The van der Waals surface area contributed by atoms with Crippen LogP contribution in [0, 0.1) is 6.92 Å². The Morgan fingerprint density at radius 1 is 1.07 bits per heavy atom. The van der Waals surface area contributed by atoms with Gasteiger partial charge in [0, 0.05) is 6.42 Å². The molecule has 0 fully saturated rings. The lowest BCUT2D eigenvalue weighted by atomic mass is 10.1. The van der Waals surface area contributed by atoms with Crippen LogP contribution in [0.4, 0.5) is 0 Å². The van der Waals surface area contributed by atoms with E-state index in [1.54, 1.807) is 6.26 Å². The highest BCUT2D eigenvalue weighted by atomic mass is 16.3. The van der Waals surface area contributed by atoms with Gasteiger partial charge < -0.3 is 4.42 Å². The molecule has 14 heavy (non-hydrogen) atoms. The molecule has 0 aliphatic rings. The molecule has 1 aromatic carbocycles. The van der Waals surface area contributed by atoms with Crippen LogP contribution in [0.2, 0.25) is 0 Å². The van der Waals surface area contributed by atoms with E-state index in [0.29, 0.717) is 0 Å². The second-order valence-corrected chi connectivity index (χ2v) is 3.41. The van der Waals surface area contributed by atoms with E-state index in [1.165, 1.54) is 5.56 Å². The van der Waals surface area contributed by atoms with Gasteiger partial charge in [-0.05, 0) is 30.5 Å². The summed E-state index contributed by atoms with van der Waals surface area (Å²) in [7, 11) is 0. The fourth-order valence-corrected chi connectivity index (χ4v) is 1.47. The van der Waals surface area contributed by atoms with Crippen molar-refractivity contribution in [1.29, 1.82) is 0 Å². The molecule has 0 aliphatic heterocycles. The van der Waals surface area contributed by atoms with Crippen LogP contribution in [0.25, 0.3) is 0 Å². The Morgan fingerprint density at radius 2 is 1.86 bits per heavy atom. The quantitative estimate of drug-likeness (QED) is 0.715. The summed E-state index contributed by atoms with van der Waals surface area (Å²) in [6.07, 6.45) is 3.66. The van der Waals surface area contributed by atoms with E-state index in [0.717, 1.165) is 24.2 Å². The lowest BCUT2D eigenvalue weighted by Crippen LogP contribution is -1.88. The predicted octanol–water partition coefficient (Wildman–Crippen LogP) is 3.25. The van der Waals surface area contributed by atoms with Gasteiger partial charge in [0.05, 0.1) is 6.26 Å². The summed E-state index contributed by atoms with van der Waals surface area (Å²) < 4.78 is 5.32. The molecule has 0 aliphatic carbocycles. The first-order valence-electron chi connectivity index (χ1n) is 4.78. The van der Waals surface area contributed by atoms with Crippen LogP contribution in [-0.2, 0) is 12.8 Å². The normalized spacial score (nSPS) is 10.4. The highest BCUT2D eigenvalue weighted by Crippen LogP contribution is 2.10. The highest BCUT2D eigenvalue weighted by molar-refractivity contribution is 5.19. The maximum Gasteiger partial charge on any atom is 0.104 e. The molecular weight excluding hydrogens is 172 g/mol. The Bertz CT molecular complexity index is 387. The standard InChI is InChI=1S/C13H13O/c1-11-9-13(14-10-11)8-7-12-5-3-2-4-6-12/h2-6,9-10H,1,7-8H2. The van der Waals surface area contributed by atoms with E-state index in [1.807, 2.05) is 12.1 Å². The second kappa shape index (κ2) is 4.14. The number of hydrogen-bond acceptors (Lipinski definition) is 1. The van der Waals surface area contributed by atoms with Gasteiger partial charge in [-0.25, -0.2) is 0 Å². The SMILES string of the molecule is [CH2]c1coc(CCc2ccccc2)c1. The molecule has 1 aromatic heterocycles. The Morgan fingerprint density at radius 3 is 2.50 bits per heavy atom. The molecule has 2 rings (SSSR count). The van der Waals surface area contributed by atoms with Gasteiger partial charge in [-0.2, -0.15) is 0 Å². The number of hydrogen-bond donors (Lipinski definition) is 0. The Labute approximate surface area is 84.4 Å². The fraction of sp³-hybridized carbons (Fsp3) is 0.154. The van der Waals surface area contributed by atoms with Gasteiger partial charge >= 0.3 is 0 Å². The van der Waals surface area contributed by atoms with Crippen molar-refractivity contribution >= 4 is 0 Å². The van der Waals surface area contributed by atoms with Crippen molar-refractivity contribution < 1.29 is 4.42 Å². The lowest BCUT2D eigenvalue weighted by Gasteiger charge is -1.97. The predicted molar refractivity (Wildman–Crippen MR) is 57.0 cm³/mol. The van der Waals surface area contributed by atoms with Crippen molar-refractivity contribution in [3.63, 3.8) is 0 Å². The molecule has 0 amide bonds. The smallest absolute Gasteiger partial charge is 0.104 e. The average Bonchev–Trinajstić information content (AvgIpc) is 2.63. The third-order valence-corrected chi connectivity index (χ3v) is 2.21. The van der Waals surface area contributed by atoms with Crippen LogP contribution in [-0.4, -0.2) is 0 Å². The summed E-state index contributed by atoms with van der Waals surface area (Å²) in [6.45, 7) is 3.80. The van der Waals surface area contributed by atoms with Crippen LogP contribution in [0.1, 0.15) is 16.9 Å². The van der Waals surface area contributed by atoms with E-state index in [4.69, 9.17) is 4.42 Å². The number of furan rings is 1. The van der Waals surface area contributed by atoms with Gasteiger partial charge in [-0.15, -0.1) is 0 Å². The van der Waals surface area contributed by atoms with Crippen LogP contribution in [0.5, 0.6) is 0 Å². The van der Waals surface area contributed by atoms with Gasteiger partial charge in [0.2, 0.25) is 0 Å². The molecule has 1 heteroatoms. The second-order valence-electron chi connectivity index (χ2n) is 3.41. The molecule has 0 saturated carbocycles. The first-order valence-corrected chi connectivity index (χ1v) is 4.78. The Balaban J connectivity index is 1.95. The number of aryl methyl sites for hydroxylation is 2. The zero-order valence-corrected chi connectivity index (χ0v) is 8.07. The molecule has 1 nitrogen and oxygen atoms in total. The molecule has 71 valence electrons. The van der Waals surface area contributed by atoms with E-state index in [9.17, 15) is 0 Å². The molecule has 2 aromatic rings. The first-order chi connectivity index (χ1) is 6.84. The molecule has 0 bridgehead atoms. The van der Waals surface area contributed by atoms with Gasteiger partial charge in [0.1, 0.15) is 5.76 Å². The summed E-state index contributed by atoms with van der Waals surface area (Å²) in [5.41, 5.74) is 2.29. The van der Waals surface area contributed by atoms with E-state index in [2.05, 4.69) is 31.2 Å². The van der Waals surface area contributed by atoms with Crippen molar-refractivity contribution in [3.05, 3.63) is 66.5 Å². The zero-order valence-electron chi connectivity index (χ0n) is 8.07. The third-order valence-electron chi connectivity index (χ3n) is 2.21. The molecule has 0 atom stereocenters. The third kappa shape index (κ3) is 2.25. The zero-order chi connectivity index (χ0) is 9.80. The fourth-order valence-electron chi connectivity index (χ4n) is 1.47. The van der Waals surface area contributed by atoms with E-state index < -0.39 is 0 Å². The van der Waals surface area contributed by atoms with Crippen molar-refractivity contribution in [2.24, 2.45) is 0 Å². The summed E-state index contributed by atoms with van der Waals surface area (Å²) in [5.74, 6) is 1.01. The minimum absolute atomic E-state index is 0.944. The molecule has 1 radical (unpaired) electrons. The van der Waals surface area contributed by atoms with E-state index >= 15 is 0 Å². The largest absolute Gasteiger partial charge is 0.469 e. The Kier molecular flexibility index (Phi) is 2.68. The van der Waals surface area contributed by atoms with Crippen molar-refractivity contribution in [2.75, 3.05) is 0 Å². The van der Waals surface area contributed by atoms with Gasteiger partial charge in [-0.3, -0.25) is 0 Å². The molecule has 0 spiro atoms. The Hall–Kier alpha value is -1.50. The van der Waals surface area contributed by atoms with Crippen LogP contribution in [0.15, 0.2) is 47.1 Å².